The molecule has 1 fully saturated rings. The summed E-state index contributed by atoms with van der Waals surface area (Å²) in [6.07, 6.45) is 0.625. The Morgan fingerprint density at radius 2 is 1.72 bits per heavy atom. The van der Waals surface area contributed by atoms with E-state index in [0.29, 0.717) is 43.7 Å². The number of pyridine rings is 1. The van der Waals surface area contributed by atoms with Crippen LogP contribution in [0, 0.1) is 17.5 Å². The van der Waals surface area contributed by atoms with Crippen LogP contribution >= 0.6 is 0 Å². The lowest BCUT2D eigenvalue weighted by Crippen LogP contribution is -2.35. The maximum Gasteiger partial charge on any atom is 0.254 e. The van der Waals surface area contributed by atoms with Gasteiger partial charge in [-0.1, -0.05) is 0 Å². The van der Waals surface area contributed by atoms with E-state index in [9.17, 15) is 22.8 Å². The first-order chi connectivity index (χ1) is 13.9. The van der Waals surface area contributed by atoms with Crippen molar-refractivity contribution in [3.8, 4) is 0 Å². The summed E-state index contributed by atoms with van der Waals surface area (Å²) in [4.78, 5) is 31.1. The van der Waals surface area contributed by atoms with Crippen molar-refractivity contribution in [1.29, 1.82) is 0 Å². The molecule has 1 aromatic heterocycles. The van der Waals surface area contributed by atoms with Crippen LogP contribution in [0.25, 0.3) is 10.9 Å². The molecule has 1 aliphatic heterocycles. The molecule has 8 heteroatoms. The van der Waals surface area contributed by atoms with Gasteiger partial charge in [0, 0.05) is 49.4 Å². The smallest absolute Gasteiger partial charge is 0.254 e. The monoisotopic (exact) mass is 401 g/mol. The first-order valence-corrected chi connectivity index (χ1v) is 9.24. The van der Waals surface area contributed by atoms with Crippen LogP contribution in [0.4, 0.5) is 18.9 Å². The molecule has 0 aliphatic carbocycles. The molecule has 5 nitrogen and oxygen atoms in total. The fourth-order valence-corrected chi connectivity index (χ4v) is 3.64. The van der Waals surface area contributed by atoms with Crippen LogP contribution < -0.4 is 10.5 Å². The van der Waals surface area contributed by atoms with Crippen LogP contribution in [0.3, 0.4) is 0 Å². The van der Waals surface area contributed by atoms with Crippen LogP contribution in [-0.2, 0) is 0 Å². The zero-order chi connectivity index (χ0) is 20.5. The molecule has 3 aromatic rings. The highest BCUT2D eigenvalue weighted by Crippen LogP contribution is 2.22. The fraction of sp³-hybridized carbons (Fsp3) is 0.238. The molecule has 1 saturated heterocycles. The van der Waals surface area contributed by atoms with E-state index in [1.807, 2.05) is 4.90 Å². The maximum absolute atomic E-state index is 13.6. The summed E-state index contributed by atoms with van der Waals surface area (Å²) < 4.78 is 40.2. The number of carbonyl (C=O) groups excluding carboxylic acids is 1. The number of rotatable bonds is 2. The molecule has 150 valence electrons. The molecule has 0 atom stereocenters. The first-order valence-electron chi connectivity index (χ1n) is 9.24. The van der Waals surface area contributed by atoms with Crippen molar-refractivity contribution in [3.05, 3.63) is 75.8 Å². The molecular weight excluding hydrogens is 383 g/mol. The Morgan fingerprint density at radius 3 is 2.52 bits per heavy atom. The van der Waals surface area contributed by atoms with Crippen molar-refractivity contribution in [2.45, 2.75) is 6.42 Å². The third-order valence-electron chi connectivity index (χ3n) is 5.09. The Kier molecular flexibility index (Phi) is 5.00. The summed E-state index contributed by atoms with van der Waals surface area (Å²) in [6, 6.07) is 8.85. The lowest BCUT2D eigenvalue weighted by Gasteiger charge is -2.24. The van der Waals surface area contributed by atoms with Gasteiger partial charge in [-0.2, -0.15) is 0 Å². The predicted molar refractivity (Wildman–Crippen MR) is 104 cm³/mol. The zero-order valence-corrected chi connectivity index (χ0v) is 15.4. The molecule has 29 heavy (non-hydrogen) atoms. The summed E-state index contributed by atoms with van der Waals surface area (Å²) in [6.45, 7) is 1.82. The number of carbonyl (C=O) groups is 1. The summed E-state index contributed by atoms with van der Waals surface area (Å²) >= 11 is 0. The Balaban J connectivity index is 1.58. The van der Waals surface area contributed by atoms with Crippen molar-refractivity contribution in [1.82, 2.24) is 9.88 Å². The summed E-state index contributed by atoms with van der Waals surface area (Å²) in [5.74, 6) is -2.64. The van der Waals surface area contributed by atoms with E-state index in [1.54, 1.807) is 4.90 Å². The van der Waals surface area contributed by atoms with Gasteiger partial charge in [0.1, 0.15) is 5.82 Å². The predicted octanol–water partition coefficient (Wildman–Crippen LogP) is 3.30. The van der Waals surface area contributed by atoms with Crippen molar-refractivity contribution in [3.63, 3.8) is 0 Å². The van der Waals surface area contributed by atoms with Gasteiger partial charge < -0.3 is 14.8 Å². The van der Waals surface area contributed by atoms with Crippen LogP contribution in [0.15, 0.2) is 47.3 Å². The average molecular weight is 401 g/mol. The lowest BCUT2D eigenvalue weighted by atomic mass is 10.1. The minimum Gasteiger partial charge on any atom is -0.370 e. The van der Waals surface area contributed by atoms with Gasteiger partial charge in [-0.05, 0) is 36.8 Å². The van der Waals surface area contributed by atoms with Gasteiger partial charge in [0.25, 0.3) is 5.91 Å². The largest absolute Gasteiger partial charge is 0.370 e. The number of nitrogens with one attached hydrogen (secondary N) is 1. The minimum atomic E-state index is -0.915. The van der Waals surface area contributed by atoms with Gasteiger partial charge in [0.2, 0.25) is 5.56 Å². The van der Waals surface area contributed by atoms with Gasteiger partial charge in [-0.3, -0.25) is 9.59 Å². The topological polar surface area (TPSA) is 56.4 Å². The molecule has 2 heterocycles. The van der Waals surface area contributed by atoms with E-state index in [1.165, 1.54) is 30.3 Å². The number of anilines is 1. The minimum absolute atomic E-state index is 0.213. The van der Waals surface area contributed by atoms with E-state index in [0.717, 1.165) is 12.1 Å². The summed E-state index contributed by atoms with van der Waals surface area (Å²) in [5, 5.41) is 0.470. The summed E-state index contributed by atoms with van der Waals surface area (Å²) in [7, 11) is 0. The molecule has 1 aliphatic rings. The molecule has 1 amide bonds. The average Bonchev–Trinajstić information content (AvgIpc) is 2.95. The van der Waals surface area contributed by atoms with Gasteiger partial charge in [-0.25, -0.2) is 13.2 Å². The molecular formula is C21H18F3N3O2. The number of amides is 1. The zero-order valence-electron chi connectivity index (χ0n) is 15.4. The molecule has 4 rings (SSSR count). The molecule has 1 N–H and O–H groups in total. The SMILES string of the molecule is O=C(c1cc(=O)[nH]c2cc(F)ccc12)N1CCCN(c2ccc(F)c(F)c2)CC1. The third-order valence-corrected chi connectivity index (χ3v) is 5.09. The highest BCUT2D eigenvalue weighted by molar-refractivity contribution is 6.06. The van der Waals surface area contributed by atoms with E-state index >= 15 is 0 Å². The van der Waals surface area contributed by atoms with Crippen molar-refractivity contribution >= 4 is 22.5 Å². The second kappa shape index (κ2) is 7.62. The van der Waals surface area contributed by atoms with Crippen molar-refractivity contribution in [2.75, 3.05) is 31.1 Å². The van der Waals surface area contributed by atoms with Gasteiger partial charge in [0.15, 0.2) is 11.6 Å². The number of nitrogens with zero attached hydrogens (tertiary/aromatic N) is 2. The van der Waals surface area contributed by atoms with Gasteiger partial charge >= 0.3 is 0 Å². The number of aromatic amines is 1. The Labute approximate surface area is 164 Å². The Hall–Kier alpha value is -3.29. The van der Waals surface area contributed by atoms with Crippen molar-refractivity contribution < 1.29 is 18.0 Å². The normalized spacial score (nSPS) is 14.9. The molecule has 0 radical (unpaired) electrons. The van der Waals surface area contributed by atoms with E-state index in [2.05, 4.69) is 4.98 Å². The van der Waals surface area contributed by atoms with Crippen LogP contribution in [0.1, 0.15) is 16.8 Å². The molecule has 0 bridgehead atoms. The number of fused-ring (bicyclic) bond motifs is 1. The molecule has 2 aromatic carbocycles. The molecule has 0 saturated carbocycles. The summed E-state index contributed by atoms with van der Waals surface area (Å²) in [5.41, 5.74) is 0.545. The fourth-order valence-electron chi connectivity index (χ4n) is 3.64. The number of hydrogen-bond acceptors (Lipinski definition) is 3. The van der Waals surface area contributed by atoms with Crippen LogP contribution in [-0.4, -0.2) is 42.0 Å². The first kappa shape index (κ1) is 19.0. The van der Waals surface area contributed by atoms with E-state index in [4.69, 9.17) is 0 Å². The standard InChI is InChI=1S/C21H18F3N3O2/c22-13-2-4-15-16(12-20(28)25-19(15)10-13)21(29)27-7-1-6-26(8-9-27)14-3-5-17(23)18(24)11-14/h2-5,10-12H,1,6-9H2,(H,25,28). The van der Waals surface area contributed by atoms with Crippen molar-refractivity contribution in [2.24, 2.45) is 0 Å². The van der Waals surface area contributed by atoms with E-state index < -0.39 is 23.0 Å². The number of H-pyrrole nitrogens is 1. The number of aromatic nitrogens is 1. The van der Waals surface area contributed by atoms with Crippen LogP contribution in [0.5, 0.6) is 0 Å². The van der Waals surface area contributed by atoms with E-state index in [-0.39, 0.29) is 17.0 Å². The third kappa shape index (κ3) is 3.83. The lowest BCUT2D eigenvalue weighted by molar-refractivity contribution is 0.0769. The molecule has 0 unspecified atom stereocenters. The Bertz CT molecular complexity index is 1150. The van der Waals surface area contributed by atoms with Gasteiger partial charge in [0.05, 0.1) is 11.1 Å². The molecule has 0 spiro atoms. The maximum atomic E-state index is 13.6. The highest BCUT2D eigenvalue weighted by Gasteiger charge is 2.23. The van der Waals surface area contributed by atoms with Crippen LogP contribution in [0.2, 0.25) is 0 Å². The number of halogens is 3. The highest BCUT2D eigenvalue weighted by atomic mass is 19.2. The number of hydrogen-bond donors (Lipinski definition) is 1. The second-order valence-corrected chi connectivity index (χ2v) is 6.97. The Morgan fingerprint density at radius 1 is 0.897 bits per heavy atom. The number of benzene rings is 2. The quantitative estimate of drug-likeness (QED) is 0.717. The second-order valence-electron chi connectivity index (χ2n) is 6.97. The van der Waals surface area contributed by atoms with Gasteiger partial charge in [-0.15, -0.1) is 0 Å².